The topological polar surface area (TPSA) is 80.0 Å². The molecule has 1 aromatic rings. The molecule has 1 aromatic heterocycles. The molecule has 5 nitrogen and oxygen atoms in total. The van der Waals surface area contributed by atoms with Gasteiger partial charge < -0.3 is 10.7 Å². The summed E-state index contributed by atoms with van der Waals surface area (Å²) in [5.74, 6) is 3.84. The van der Waals surface area contributed by atoms with Crippen molar-refractivity contribution >= 4 is 11.7 Å². The highest BCUT2D eigenvalue weighted by molar-refractivity contribution is 5.95. The Hall–Kier alpha value is -1.69. The summed E-state index contributed by atoms with van der Waals surface area (Å²) in [7, 11) is 0. The Bertz CT molecular complexity index is 459. The summed E-state index contributed by atoms with van der Waals surface area (Å²) < 4.78 is 13.8. The Labute approximate surface area is 105 Å². The van der Waals surface area contributed by atoms with Crippen LogP contribution in [0.15, 0.2) is 12.3 Å². The van der Waals surface area contributed by atoms with Crippen LogP contribution in [-0.2, 0) is 0 Å². The molecule has 0 bridgehead atoms. The number of nitrogen functional groups attached to an aromatic ring is 1. The van der Waals surface area contributed by atoms with Gasteiger partial charge >= 0.3 is 0 Å². The number of halogens is 1. The quantitative estimate of drug-likeness (QED) is 0.547. The van der Waals surface area contributed by atoms with Crippen LogP contribution in [0.2, 0.25) is 0 Å². The Morgan fingerprint density at radius 2 is 2.33 bits per heavy atom. The lowest BCUT2D eigenvalue weighted by molar-refractivity contribution is 0.0940. The smallest absolute Gasteiger partial charge is 0.254 e. The van der Waals surface area contributed by atoms with Crippen LogP contribution in [0.1, 0.15) is 36.5 Å². The summed E-state index contributed by atoms with van der Waals surface area (Å²) >= 11 is 0. The second kappa shape index (κ2) is 4.89. The van der Waals surface area contributed by atoms with E-state index in [4.69, 9.17) is 5.84 Å². The van der Waals surface area contributed by atoms with Gasteiger partial charge in [-0.25, -0.2) is 15.2 Å². The number of nitrogens with two attached hydrogens (primary N) is 1. The second-order valence-corrected chi connectivity index (χ2v) is 4.70. The molecule has 18 heavy (non-hydrogen) atoms. The van der Waals surface area contributed by atoms with E-state index < -0.39 is 11.7 Å². The molecule has 1 fully saturated rings. The van der Waals surface area contributed by atoms with Crippen LogP contribution >= 0.6 is 0 Å². The van der Waals surface area contributed by atoms with Crippen LogP contribution < -0.4 is 16.6 Å². The molecule has 0 radical (unpaired) electrons. The fourth-order valence-electron chi connectivity index (χ4n) is 1.91. The van der Waals surface area contributed by atoms with Crippen LogP contribution in [0.3, 0.4) is 0 Å². The van der Waals surface area contributed by atoms with Crippen molar-refractivity contribution in [2.75, 3.05) is 12.0 Å². The highest BCUT2D eigenvalue weighted by Gasteiger charge is 2.40. The third-order valence-corrected chi connectivity index (χ3v) is 3.60. The van der Waals surface area contributed by atoms with E-state index in [-0.39, 0.29) is 16.8 Å². The Morgan fingerprint density at radius 3 is 2.89 bits per heavy atom. The van der Waals surface area contributed by atoms with E-state index in [0.717, 1.165) is 19.3 Å². The zero-order chi connectivity index (χ0) is 13.2. The van der Waals surface area contributed by atoms with Crippen LogP contribution in [0.5, 0.6) is 0 Å². The number of aromatic nitrogens is 1. The van der Waals surface area contributed by atoms with Crippen molar-refractivity contribution in [3.05, 3.63) is 23.6 Å². The summed E-state index contributed by atoms with van der Waals surface area (Å²) in [6.07, 6.45) is 4.62. The SMILES string of the molecule is CCC1(CNC(=O)c2ccnc(NN)c2F)CC1. The molecule has 1 saturated carbocycles. The van der Waals surface area contributed by atoms with Crippen LogP contribution in [-0.4, -0.2) is 17.4 Å². The molecule has 2 rings (SSSR count). The molecule has 0 unspecified atom stereocenters. The lowest BCUT2D eigenvalue weighted by Crippen LogP contribution is -2.31. The summed E-state index contributed by atoms with van der Waals surface area (Å²) in [5.41, 5.74) is 2.31. The molecule has 98 valence electrons. The minimum absolute atomic E-state index is 0.0372. The molecule has 0 spiro atoms. The van der Waals surface area contributed by atoms with Gasteiger partial charge in [0.2, 0.25) is 0 Å². The monoisotopic (exact) mass is 252 g/mol. The van der Waals surface area contributed by atoms with Gasteiger partial charge in [0.05, 0.1) is 5.56 Å². The van der Waals surface area contributed by atoms with Crippen LogP contribution in [0, 0.1) is 11.2 Å². The minimum atomic E-state index is -0.723. The molecule has 1 aliphatic carbocycles. The van der Waals surface area contributed by atoms with Crippen molar-refractivity contribution in [3.63, 3.8) is 0 Å². The first-order valence-corrected chi connectivity index (χ1v) is 6.01. The number of carbonyl (C=O) groups is 1. The summed E-state index contributed by atoms with van der Waals surface area (Å²) in [6, 6.07) is 1.34. The molecular weight excluding hydrogens is 235 g/mol. The number of nitrogens with zero attached hydrogens (tertiary/aromatic N) is 1. The number of hydrogen-bond donors (Lipinski definition) is 3. The predicted octanol–water partition coefficient (Wildman–Crippen LogP) is 1.43. The van der Waals surface area contributed by atoms with E-state index in [2.05, 4.69) is 22.7 Å². The van der Waals surface area contributed by atoms with Crippen molar-refractivity contribution in [2.45, 2.75) is 26.2 Å². The second-order valence-electron chi connectivity index (χ2n) is 4.70. The number of nitrogens with one attached hydrogen (secondary N) is 2. The van der Waals surface area contributed by atoms with E-state index in [9.17, 15) is 9.18 Å². The fraction of sp³-hybridized carbons (Fsp3) is 0.500. The van der Waals surface area contributed by atoms with Crippen molar-refractivity contribution < 1.29 is 9.18 Å². The highest BCUT2D eigenvalue weighted by atomic mass is 19.1. The molecule has 1 amide bonds. The average Bonchev–Trinajstić information content (AvgIpc) is 3.17. The Morgan fingerprint density at radius 1 is 1.61 bits per heavy atom. The number of pyridine rings is 1. The molecule has 4 N–H and O–H groups in total. The molecule has 0 saturated heterocycles. The first-order valence-electron chi connectivity index (χ1n) is 6.01. The lowest BCUT2D eigenvalue weighted by Gasteiger charge is -2.14. The predicted molar refractivity (Wildman–Crippen MR) is 66.3 cm³/mol. The minimum Gasteiger partial charge on any atom is -0.351 e. The number of anilines is 1. The molecule has 0 aromatic carbocycles. The number of rotatable bonds is 5. The summed E-state index contributed by atoms with van der Waals surface area (Å²) in [5, 5.41) is 2.77. The number of hydrogen-bond acceptors (Lipinski definition) is 4. The highest BCUT2D eigenvalue weighted by Crippen LogP contribution is 2.47. The van der Waals surface area contributed by atoms with E-state index in [0.29, 0.717) is 6.54 Å². The van der Waals surface area contributed by atoms with Crippen molar-refractivity contribution in [1.82, 2.24) is 10.3 Å². The van der Waals surface area contributed by atoms with Crippen LogP contribution in [0.4, 0.5) is 10.2 Å². The van der Waals surface area contributed by atoms with E-state index in [1.165, 1.54) is 12.3 Å². The first-order chi connectivity index (χ1) is 8.62. The van der Waals surface area contributed by atoms with Gasteiger partial charge in [0.15, 0.2) is 11.6 Å². The van der Waals surface area contributed by atoms with E-state index >= 15 is 0 Å². The third-order valence-electron chi connectivity index (χ3n) is 3.60. The van der Waals surface area contributed by atoms with Crippen molar-refractivity contribution in [3.8, 4) is 0 Å². The van der Waals surface area contributed by atoms with E-state index in [1.54, 1.807) is 0 Å². The normalized spacial score (nSPS) is 16.2. The zero-order valence-corrected chi connectivity index (χ0v) is 10.3. The molecule has 1 aliphatic rings. The van der Waals surface area contributed by atoms with Gasteiger partial charge in [-0.15, -0.1) is 0 Å². The number of amides is 1. The van der Waals surface area contributed by atoms with Crippen LogP contribution in [0.25, 0.3) is 0 Å². The van der Waals surface area contributed by atoms with Gasteiger partial charge in [0, 0.05) is 12.7 Å². The largest absolute Gasteiger partial charge is 0.351 e. The maximum absolute atomic E-state index is 13.8. The van der Waals surface area contributed by atoms with Gasteiger partial charge in [-0.05, 0) is 30.7 Å². The van der Waals surface area contributed by atoms with Crippen molar-refractivity contribution in [2.24, 2.45) is 11.3 Å². The van der Waals surface area contributed by atoms with Crippen molar-refractivity contribution in [1.29, 1.82) is 0 Å². The van der Waals surface area contributed by atoms with Gasteiger partial charge in [-0.2, -0.15) is 0 Å². The molecular formula is C12H17FN4O. The van der Waals surface area contributed by atoms with Gasteiger partial charge in [-0.3, -0.25) is 4.79 Å². The first kappa shape index (κ1) is 12.8. The summed E-state index contributed by atoms with van der Waals surface area (Å²) in [4.78, 5) is 15.6. The van der Waals surface area contributed by atoms with Gasteiger partial charge in [-0.1, -0.05) is 6.92 Å². The fourth-order valence-corrected chi connectivity index (χ4v) is 1.91. The van der Waals surface area contributed by atoms with Gasteiger partial charge in [0.25, 0.3) is 5.91 Å². The Kier molecular flexibility index (Phi) is 3.47. The van der Waals surface area contributed by atoms with Gasteiger partial charge in [0.1, 0.15) is 0 Å². The average molecular weight is 252 g/mol. The molecule has 0 aliphatic heterocycles. The maximum Gasteiger partial charge on any atom is 0.254 e. The maximum atomic E-state index is 13.8. The standard InChI is InChI=1S/C12H17FN4O/c1-2-12(4-5-12)7-16-11(18)8-3-6-15-10(17-14)9(8)13/h3,6H,2,4-5,7,14H2,1H3,(H,15,17)(H,16,18). The molecule has 1 heterocycles. The Balaban J connectivity index is 2.05. The number of carbonyl (C=O) groups excluding carboxylic acids is 1. The lowest BCUT2D eigenvalue weighted by atomic mass is 10.0. The third kappa shape index (κ3) is 2.43. The zero-order valence-electron chi connectivity index (χ0n) is 10.3. The molecule has 0 atom stereocenters. The van der Waals surface area contributed by atoms with E-state index in [1.807, 2.05) is 0 Å². The summed E-state index contributed by atoms with van der Waals surface area (Å²) in [6.45, 7) is 2.69. The number of hydrazine groups is 1. The molecule has 6 heteroatoms.